The average Bonchev–Trinajstić information content (AvgIpc) is 3.12. The van der Waals surface area contributed by atoms with Crippen LogP contribution in [0.5, 0.6) is 0 Å². The van der Waals surface area contributed by atoms with E-state index in [1.165, 1.54) is 23.1 Å². The molecule has 7 heteroatoms. The van der Waals surface area contributed by atoms with Crippen LogP contribution < -0.4 is 0 Å². The van der Waals surface area contributed by atoms with Gasteiger partial charge in [-0.3, -0.25) is 4.79 Å². The summed E-state index contributed by atoms with van der Waals surface area (Å²) in [6, 6.07) is 7.38. The number of aliphatic hydroxyl groups is 1. The number of aliphatic hydroxyl groups excluding tert-OH is 1. The van der Waals surface area contributed by atoms with Crippen LogP contribution in [0.2, 0.25) is 0 Å². The predicted octanol–water partition coefficient (Wildman–Crippen LogP) is 3.55. The van der Waals surface area contributed by atoms with Gasteiger partial charge in [-0.2, -0.15) is 13.2 Å². The molecule has 4 nitrogen and oxygen atoms in total. The largest absolute Gasteiger partial charge is 0.456 e. The molecule has 128 valence electrons. The van der Waals surface area contributed by atoms with Crippen LogP contribution in [-0.2, 0) is 6.18 Å². The highest BCUT2D eigenvalue weighted by molar-refractivity contribution is 5.92. The molecule has 1 fully saturated rings. The number of rotatable bonds is 2. The molecule has 1 N–H and O–H groups in total. The van der Waals surface area contributed by atoms with Gasteiger partial charge in [0, 0.05) is 6.54 Å². The van der Waals surface area contributed by atoms with E-state index in [2.05, 4.69) is 0 Å². The molecule has 2 heterocycles. The van der Waals surface area contributed by atoms with E-state index in [0.717, 1.165) is 12.1 Å². The highest BCUT2D eigenvalue weighted by Crippen LogP contribution is 2.37. The first-order chi connectivity index (χ1) is 11.3. The number of likely N-dealkylation sites (tertiary alicyclic amines) is 1. The molecule has 1 aromatic heterocycles. The molecule has 0 aliphatic carbocycles. The zero-order valence-electron chi connectivity index (χ0n) is 12.9. The predicted molar refractivity (Wildman–Crippen MR) is 79.3 cm³/mol. The Kier molecular flexibility index (Phi) is 4.13. The fourth-order valence-electron chi connectivity index (χ4n) is 2.97. The van der Waals surface area contributed by atoms with Crippen LogP contribution in [0, 0.1) is 6.92 Å². The van der Waals surface area contributed by atoms with Crippen molar-refractivity contribution in [3.63, 3.8) is 0 Å². The molecule has 0 saturated carbocycles. The molecular formula is C17H16F3NO3. The van der Waals surface area contributed by atoms with E-state index in [0.29, 0.717) is 11.3 Å². The lowest BCUT2D eigenvalue weighted by molar-refractivity contribution is -0.137. The molecule has 24 heavy (non-hydrogen) atoms. The fraction of sp³-hybridized carbons (Fsp3) is 0.353. The maximum absolute atomic E-state index is 12.9. The average molecular weight is 339 g/mol. The van der Waals surface area contributed by atoms with Gasteiger partial charge in [-0.1, -0.05) is 12.1 Å². The first-order valence-corrected chi connectivity index (χ1v) is 7.48. The molecule has 1 amide bonds. The highest BCUT2D eigenvalue weighted by Gasteiger charge is 2.38. The summed E-state index contributed by atoms with van der Waals surface area (Å²) in [7, 11) is 0. The lowest BCUT2D eigenvalue weighted by atomic mass is 10.0. The van der Waals surface area contributed by atoms with Crippen molar-refractivity contribution < 1.29 is 27.5 Å². The van der Waals surface area contributed by atoms with Gasteiger partial charge in [0.2, 0.25) is 0 Å². The number of alkyl halides is 3. The molecule has 0 spiro atoms. The Bertz CT molecular complexity index is 754. The summed E-state index contributed by atoms with van der Waals surface area (Å²) in [4.78, 5) is 13.9. The summed E-state index contributed by atoms with van der Waals surface area (Å²) in [5.41, 5.74) is -0.430. The monoisotopic (exact) mass is 339 g/mol. The van der Waals surface area contributed by atoms with Gasteiger partial charge in [-0.05, 0) is 43.2 Å². The normalized spacial score (nSPS) is 21.3. The van der Waals surface area contributed by atoms with Crippen molar-refractivity contribution in [1.29, 1.82) is 0 Å². The molecular weight excluding hydrogens is 323 g/mol. The minimum absolute atomic E-state index is 0.0551. The molecule has 3 rings (SSSR count). The number of β-amino-alcohol motifs (C(OH)–C–C–N with tert-alkyl or cyclic N) is 1. The van der Waals surface area contributed by atoms with Crippen molar-refractivity contribution in [3.05, 3.63) is 59.0 Å². The molecule has 1 aliphatic rings. The van der Waals surface area contributed by atoms with E-state index in [1.54, 1.807) is 13.0 Å². The van der Waals surface area contributed by atoms with Gasteiger partial charge in [-0.15, -0.1) is 0 Å². The van der Waals surface area contributed by atoms with Gasteiger partial charge in [0.1, 0.15) is 5.76 Å². The van der Waals surface area contributed by atoms with Crippen LogP contribution in [0.25, 0.3) is 0 Å². The summed E-state index contributed by atoms with van der Waals surface area (Å²) in [5, 5.41) is 9.91. The number of carbonyl (C=O) groups excluding carboxylic acids is 1. The number of benzene rings is 1. The summed E-state index contributed by atoms with van der Waals surface area (Å²) in [5.74, 6) is 0.231. The zero-order valence-corrected chi connectivity index (χ0v) is 12.9. The van der Waals surface area contributed by atoms with E-state index in [4.69, 9.17) is 4.42 Å². The van der Waals surface area contributed by atoms with E-state index in [9.17, 15) is 23.1 Å². The number of aryl methyl sites for hydroxylation is 1. The van der Waals surface area contributed by atoms with Crippen molar-refractivity contribution in [2.45, 2.75) is 31.7 Å². The van der Waals surface area contributed by atoms with E-state index < -0.39 is 29.8 Å². The molecule has 2 atom stereocenters. The lowest BCUT2D eigenvalue weighted by Crippen LogP contribution is -2.31. The van der Waals surface area contributed by atoms with Gasteiger partial charge in [0.15, 0.2) is 5.76 Å². The number of hydrogen-bond donors (Lipinski definition) is 1. The standard InChI is InChI=1S/C17H16F3NO3/c1-10-5-6-15(24-10)16(23)21-9-13(22)8-14(21)11-3-2-4-12(7-11)17(18,19)20/h2-7,13-14,22H,8-9H2,1H3/t13-,14+/m0/s1. The molecule has 1 aliphatic heterocycles. The van der Waals surface area contributed by atoms with Crippen LogP contribution in [0.4, 0.5) is 13.2 Å². The smallest absolute Gasteiger partial charge is 0.416 e. The summed E-state index contributed by atoms with van der Waals surface area (Å²) < 4.78 is 44.0. The van der Waals surface area contributed by atoms with Crippen molar-refractivity contribution in [2.75, 3.05) is 6.54 Å². The second kappa shape index (κ2) is 5.98. The second-order valence-corrected chi connectivity index (χ2v) is 5.90. The van der Waals surface area contributed by atoms with E-state index >= 15 is 0 Å². The number of furan rings is 1. The minimum Gasteiger partial charge on any atom is -0.456 e. The number of halogens is 3. The lowest BCUT2D eigenvalue weighted by Gasteiger charge is -2.24. The Morgan fingerprint density at radius 2 is 2.04 bits per heavy atom. The van der Waals surface area contributed by atoms with Crippen LogP contribution in [0.15, 0.2) is 40.8 Å². The molecule has 0 unspecified atom stereocenters. The van der Waals surface area contributed by atoms with Gasteiger partial charge < -0.3 is 14.4 Å². The first-order valence-electron chi connectivity index (χ1n) is 7.48. The zero-order chi connectivity index (χ0) is 17.5. The Morgan fingerprint density at radius 1 is 1.29 bits per heavy atom. The summed E-state index contributed by atoms with van der Waals surface area (Å²) in [6.45, 7) is 1.75. The summed E-state index contributed by atoms with van der Waals surface area (Å²) in [6.07, 6.45) is -5.06. The number of amides is 1. The molecule has 2 aromatic rings. The van der Waals surface area contributed by atoms with Crippen molar-refractivity contribution >= 4 is 5.91 Å². The van der Waals surface area contributed by atoms with Gasteiger partial charge in [0.05, 0.1) is 17.7 Å². The maximum Gasteiger partial charge on any atom is 0.416 e. The molecule has 1 saturated heterocycles. The quantitative estimate of drug-likeness (QED) is 0.910. The van der Waals surface area contributed by atoms with Crippen molar-refractivity contribution in [1.82, 2.24) is 4.90 Å². The van der Waals surface area contributed by atoms with Gasteiger partial charge >= 0.3 is 6.18 Å². The fourth-order valence-corrected chi connectivity index (χ4v) is 2.97. The minimum atomic E-state index is -4.46. The third-order valence-corrected chi connectivity index (χ3v) is 4.09. The Balaban J connectivity index is 1.92. The van der Waals surface area contributed by atoms with Gasteiger partial charge in [-0.25, -0.2) is 0 Å². The Hall–Kier alpha value is -2.28. The maximum atomic E-state index is 12.9. The SMILES string of the molecule is Cc1ccc(C(=O)N2C[C@@H](O)C[C@@H]2c2cccc(C(F)(F)F)c2)o1. The van der Waals surface area contributed by atoms with Crippen molar-refractivity contribution in [2.24, 2.45) is 0 Å². The number of nitrogens with zero attached hydrogens (tertiary/aromatic N) is 1. The number of hydrogen-bond acceptors (Lipinski definition) is 3. The van der Waals surface area contributed by atoms with Crippen molar-refractivity contribution in [3.8, 4) is 0 Å². The third kappa shape index (κ3) is 3.17. The molecule has 0 radical (unpaired) electrons. The molecule has 0 bridgehead atoms. The Labute approximate surface area is 136 Å². The van der Waals surface area contributed by atoms with Crippen LogP contribution >= 0.6 is 0 Å². The second-order valence-electron chi connectivity index (χ2n) is 5.90. The third-order valence-electron chi connectivity index (χ3n) is 4.09. The first kappa shape index (κ1) is 16.6. The Morgan fingerprint density at radius 3 is 2.67 bits per heavy atom. The van der Waals surface area contributed by atoms with Crippen LogP contribution in [-0.4, -0.2) is 28.6 Å². The summed E-state index contributed by atoms with van der Waals surface area (Å²) >= 11 is 0. The number of carbonyl (C=O) groups is 1. The van der Waals surface area contributed by atoms with Crippen LogP contribution in [0.3, 0.4) is 0 Å². The van der Waals surface area contributed by atoms with Crippen LogP contribution in [0.1, 0.15) is 39.9 Å². The van der Waals surface area contributed by atoms with E-state index in [-0.39, 0.29) is 18.7 Å². The van der Waals surface area contributed by atoms with Gasteiger partial charge in [0.25, 0.3) is 5.91 Å². The van der Waals surface area contributed by atoms with E-state index in [1.807, 2.05) is 0 Å². The highest BCUT2D eigenvalue weighted by atomic mass is 19.4. The topological polar surface area (TPSA) is 53.7 Å². The molecule has 1 aromatic carbocycles.